The molecule has 0 amide bonds. The Labute approximate surface area is 221 Å². The van der Waals surface area contributed by atoms with Crippen LogP contribution in [-0.2, 0) is 9.53 Å². The van der Waals surface area contributed by atoms with Crippen LogP contribution in [0.15, 0.2) is 86.1 Å². The number of hydrogen-bond donors (Lipinski definition) is 2. The number of furan rings is 1. The lowest BCUT2D eigenvalue weighted by Crippen LogP contribution is -2.39. The van der Waals surface area contributed by atoms with Gasteiger partial charge in [-0.1, -0.05) is 53.8 Å². The Morgan fingerprint density at radius 2 is 1.92 bits per heavy atom. The molecule has 1 atom stereocenters. The van der Waals surface area contributed by atoms with Gasteiger partial charge in [-0.2, -0.15) is 0 Å². The van der Waals surface area contributed by atoms with E-state index in [9.17, 15) is 20.0 Å². The molecule has 9 nitrogen and oxygen atoms in total. The third-order valence-electron chi connectivity index (χ3n) is 6.24. The molecule has 1 aliphatic heterocycles. The second-order valence-corrected chi connectivity index (χ2v) is 9.71. The van der Waals surface area contributed by atoms with Crippen LogP contribution in [-0.4, -0.2) is 27.6 Å². The predicted molar refractivity (Wildman–Crippen MR) is 142 cm³/mol. The summed E-state index contributed by atoms with van der Waals surface area (Å²) in [7, 11) is 0. The van der Waals surface area contributed by atoms with Crippen LogP contribution >= 0.6 is 11.3 Å². The Bertz CT molecular complexity index is 1730. The van der Waals surface area contributed by atoms with Crippen LogP contribution in [0.1, 0.15) is 36.8 Å². The number of allylic oxidation sites excluding steroid dienone is 1. The molecule has 2 aromatic heterocycles. The second kappa shape index (κ2) is 10.3. The smallest absolute Gasteiger partial charge is 0.338 e. The first-order valence-electron chi connectivity index (χ1n) is 11.9. The number of aromatic nitrogens is 1. The average molecular weight is 532 g/mol. The van der Waals surface area contributed by atoms with Crippen molar-refractivity contribution < 1.29 is 24.4 Å². The molecular formula is C28H25N3O6S. The third kappa shape index (κ3) is 4.60. The summed E-state index contributed by atoms with van der Waals surface area (Å²) in [6, 6.07) is 17.3. The van der Waals surface area contributed by atoms with E-state index in [0.717, 1.165) is 5.56 Å². The second-order valence-electron chi connectivity index (χ2n) is 8.71. The number of ether oxygens (including phenoxy) is 1. The van der Waals surface area contributed by atoms with Crippen molar-refractivity contribution in [1.82, 2.24) is 4.57 Å². The number of benzene rings is 2. The predicted octanol–water partition coefficient (Wildman–Crippen LogP) is 3.95. The fourth-order valence-corrected chi connectivity index (χ4v) is 5.46. The lowest BCUT2D eigenvalue weighted by atomic mass is 9.96. The largest absolute Gasteiger partial charge is 0.463 e. The van der Waals surface area contributed by atoms with E-state index in [-0.39, 0.29) is 23.1 Å². The molecule has 3 heterocycles. The number of carbonyl (C=O) groups excluding carboxylic acids is 1. The Morgan fingerprint density at radius 1 is 1.16 bits per heavy atom. The van der Waals surface area contributed by atoms with Crippen molar-refractivity contribution in [3.8, 4) is 11.3 Å². The van der Waals surface area contributed by atoms with Gasteiger partial charge in [0.25, 0.3) is 5.56 Å². The number of aryl methyl sites for hydroxylation is 1. The van der Waals surface area contributed by atoms with E-state index >= 15 is 0 Å². The summed E-state index contributed by atoms with van der Waals surface area (Å²) in [5.74, 6) is 0.430. The van der Waals surface area contributed by atoms with Crippen LogP contribution in [0.2, 0.25) is 0 Å². The number of thiazole rings is 1. The van der Waals surface area contributed by atoms with Gasteiger partial charge in [0.2, 0.25) is 0 Å². The molecule has 0 spiro atoms. The van der Waals surface area contributed by atoms with Crippen LogP contribution in [0.3, 0.4) is 0 Å². The Kier molecular flexibility index (Phi) is 6.85. The van der Waals surface area contributed by atoms with Gasteiger partial charge in [0.05, 0.1) is 34.1 Å². The van der Waals surface area contributed by atoms with E-state index in [2.05, 4.69) is 4.99 Å². The Hall–Kier alpha value is -4.25. The molecule has 2 N–H and O–H groups in total. The van der Waals surface area contributed by atoms with Crippen LogP contribution in [0.5, 0.6) is 0 Å². The topological polar surface area (TPSA) is 118 Å². The zero-order chi connectivity index (χ0) is 27.0. The normalized spacial score (nSPS) is 15.3. The first kappa shape index (κ1) is 25.4. The maximum Gasteiger partial charge on any atom is 0.338 e. The number of anilines is 1. The summed E-state index contributed by atoms with van der Waals surface area (Å²) in [5.41, 5.74) is 2.84. The minimum atomic E-state index is -0.674. The average Bonchev–Trinajstić information content (AvgIpc) is 3.48. The molecule has 1 aliphatic rings. The highest BCUT2D eigenvalue weighted by Gasteiger charge is 2.33. The molecule has 10 heteroatoms. The summed E-state index contributed by atoms with van der Waals surface area (Å²) in [4.78, 5) is 31.6. The van der Waals surface area contributed by atoms with Crippen molar-refractivity contribution in [1.29, 1.82) is 0 Å². The molecule has 5 rings (SSSR count). The number of fused-ring (bicyclic) bond motifs is 1. The summed E-state index contributed by atoms with van der Waals surface area (Å²) in [6.07, 6.45) is 1.64. The summed E-state index contributed by atoms with van der Waals surface area (Å²) < 4.78 is 13.2. The number of nitrogens with zero attached hydrogens (tertiary/aromatic N) is 3. The van der Waals surface area contributed by atoms with Crippen LogP contribution in [0, 0.1) is 6.92 Å². The summed E-state index contributed by atoms with van der Waals surface area (Å²) in [5, 5.41) is 19.0. The van der Waals surface area contributed by atoms with Crippen LogP contribution in [0.25, 0.3) is 17.4 Å². The quantitative estimate of drug-likeness (QED) is 0.286. The van der Waals surface area contributed by atoms with Gasteiger partial charge in [-0.25, -0.2) is 9.79 Å². The third-order valence-corrected chi connectivity index (χ3v) is 7.22. The minimum Gasteiger partial charge on any atom is -0.463 e. The van der Waals surface area contributed by atoms with Gasteiger partial charge in [-0.3, -0.25) is 19.8 Å². The molecule has 1 unspecified atom stereocenters. The van der Waals surface area contributed by atoms with Gasteiger partial charge in [-0.15, -0.1) is 5.23 Å². The van der Waals surface area contributed by atoms with Crippen molar-refractivity contribution in [2.45, 2.75) is 26.8 Å². The van der Waals surface area contributed by atoms with E-state index in [4.69, 9.17) is 9.15 Å². The molecule has 0 radical (unpaired) electrons. The molecule has 38 heavy (non-hydrogen) atoms. The molecule has 2 aromatic carbocycles. The zero-order valence-electron chi connectivity index (χ0n) is 20.9. The number of carbonyl (C=O) groups is 1. The number of hydrogen-bond acceptors (Lipinski definition) is 9. The SMILES string of the molecule is CCOC(=O)C1=C(C)N=c2sc(=Cc3ccc(-c4ccc(C)c(N(O)O)c4)o3)c(=O)n2C1c1ccccc1. The van der Waals surface area contributed by atoms with Crippen LogP contribution in [0.4, 0.5) is 5.69 Å². The Balaban J connectivity index is 1.60. The van der Waals surface area contributed by atoms with Gasteiger partial charge < -0.3 is 9.15 Å². The summed E-state index contributed by atoms with van der Waals surface area (Å²) in [6.45, 7) is 5.44. The van der Waals surface area contributed by atoms with Crippen LogP contribution < -0.4 is 20.1 Å². The maximum absolute atomic E-state index is 13.7. The molecule has 4 aromatic rings. The van der Waals surface area contributed by atoms with Crippen molar-refractivity contribution >= 4 is 29.1 Å². The van der Waals surface area contributed by atoms with E-state index < -0.39 is 12.0 Å². The molecular weight excluding hydrogens is 506 g/mol. The summed E-state index contributed by atoms with van der Waals surface area (Å²) >= 11 is 1.21. The van der Waals surface area contributed by atoms with Gasteiger partial charge in [-0.05, 0) is 50.1 Å². The highest BCUT2D eigenvalue weighted by molar-refractivity contribution is 7.07. The van der Waals surface area contributed by atoms with E-state index in [0.29, 0.717) is 43.3 Å². The van der Waals surface area contributed by atoms with Crippen molar-refractivity contribution in [3.05, 3.63) is 109 Å². The van der Waals surface area contributed by atoms with E-state index in [1.54, 1.807) is 57.2 Å². The molecule has 0 fully saturated rings. The molecule has 0 saturated heterocycles. The highest BCUT2D eigenvalue weighted by Crippen LogP contribution is 2.31. The fourth-order valence-electron chi connectivity index (χ4n) is 4.44. The number of esters is 1. The van der Waals surface area contributed by atoms with E-state index in [1.165, 1.54) is 15.9 Å². The first-order chi connectivity index (χ1) is 18.3. The van der Waals surface area contributed by atoms with Gasteiger partial charge in [0, 0.05) is 11.6 Å². The minimum absolute atomic E-state index is 0.0686. The van der Waals surface area contributed by atoms with Gasteiger partial charge >= 0.3 is 5.97 Å². The van der Waals surface area contributed by atoms with Gasteiger partial charge in [0.1, 0.15) is 11.5 Å². The standard InChI is InChI=1S/C28H25N3O6S/c1-4-36-27(33)24-17(3)29-28-30(25(24)18-8-6-5-7-9-18)26(32)23(38-28)15-20-12-13-22(37-20)19-11-10-16(2)21(14-19)31(34)35/h5-15,25,34-35H,4H2,1-3H3. The molecule has 0 aliphatic carbocycles. The van der Waals surface area contributed by atoms with Crippen molar-refractivity contribution in [2.24, 2.45) is 4.99 Å². The zero-order valence-corrected chi connectivity index (χ0v) is 21.7. The lowest BCUT2D eigenvalue weighted by Gasteiger charge is -2.24. The fraction of sp³-hybridized carbons (Fsp3) is 0.179. The Morgan fingerprint density at radius 3 is 2.63 bits per heavy atom. The number of rotatable bonds is 6. The molecule has 194 valence electrons. The monoisotopic (exact) mass is 531 g/mol. The maximum atomic E-state index is 13.7. The first-order valence-corrected chi connectivity index (χ1v) is 12.7. The molecule has 0 bridgehead atoms. The van der Waals surface area contributed by atoms with Gasteiger partial charge in [0.15, 0.2) is 4.80 Å². The lowest BCUT2D eigenvalue weighted by molar-refractivity contribution is -0.139. The van der Waals surface area contributed by atoms with Crippen molar-refractivity contribution in [3.63, 3.8) is 0 Å². The van der Waals surface area contributed by atoms with Crippen molar-refractivity contribution in [2.75, 3.05) is 11.8 Å². The molecule has 0 saturated carbocycles. The highest BCUT2D eigenvalue weighted by atomic mass is 32.1. The van der Waals surface area contributed by atoms with E-state index in [1.807, 2.05) is 30.3 Å².